The average Bonchev–Trinajstić information content (AvgIpc) is 2.43. The summed E-state index contributed by atoms with van der Waals surface area (Å²) in [6.45, 7) is 0. The van der Waals surface area contributed by atoms with Crippen molar-refractivity contribution < 1.29 is 4.79 Å². The molecule has 0 unspecified atom stereocenters. The predicted molar refractivity (Wildman–Crippen MR) is 53.4 cm³/mol. The Morgan fingerprint density at radius 2 is 2.07 bits per heavy atom. The fraction of sp³-hybridized carbons (Fsp3) is 0. The number of benzene rings is 1. The predicted octanol–water partition coefficient (Wildman–Crippen LogP) is -0.174. The summed E-state index contributed by atoms with van der Waals surface area (Å²) in [6, 6.07) is 3.28. The smallest absolute Gasteiger partial charge is 0.253 e. The topological polar surface area (TPSA) is 124 Å². The number of hydrogen-bond donors (Lipinski definition) is 4. The summed E-state index contributed by atoms with van der Waals surface area (Å²) < 4.78 is 0. The van der Waals surface area contributed by atoms with E-state index in [1.54, 1.807) is 12.1 Å². The van der Waals surface area contributed by atoms with Crippen LogP contribution in [-0.2, 0) is 0 Å². The fourth-order valence-electron chi connectivity index (χ4n) is 1.37. The van der Waals surface area contributed by atoms with Gasteiger partial charge in [-0.2, -0.15) is 0 Å². The molecule has 0 aliphatic carbocycles. The van der Waals surface area contributed by atoms with Crippen molar-refractivity contribution in [3.8, 4) is 0 Å². The Hall–Kier alpha value is -2.24. The summed E-state index contributed by atoms with van der Waals surface area (Å²) in [6.07, 6.45) is 0. The molecule has 1 heterocycles. The number of nitrogens with one attached hydrogen (secondary N) is 1. The first-order valence-corrected chi connectivity index (χ1v) is 3.93. The van der Waals surface area contributed by atoms with Crippen LogP contribution < -0.4 is 17.2 Å². The largest absolute Gasteiger partial charge is 0.398 e. The van der Waals surface area contributed by atoms with Crippen molar-refractivity contribution in [1.29, 1.82) is 0 Å². The number of nitrogen functional groups attached to an aromatic ring is 2. The minimum Gasteiger partial charge on any atom is -0.398 e. The number of anilines is 2. The van der Waals surface area contributed by atoms with Crippen LogP contribution in [0.3, 0.4) is 0 Å². The first kappa shape index (κ1) is 8.36. The molecular formula is C8H9N5O. The van der Waals surface area contributed by atoms with Crippen molar-refractivity contribution in [2.75, 3.05) is 11.5 Å². The summed E-state index contributed by atoms with van der Waals surface area (Å²) in [5.74, 6) is -0.382. The molecule has 0 bridgehead atoms. The molecule has 0 spiro atoms. The number of aromatic amines is 1. The highest BCUT2D eigenvalue weighted by Gasteiger charge is 2.13. The minimum atomic E-state index is -0.611. The second-order valence-corrected chi connectivity index (χ2v) is 2.91. The summed E-state index contributed by atoms with van der Waals surface area (Å²) in [4.78, 5) is 17.8. The number of fused-ring (bicyclic) bond motifs is 1. The van der Waals surface area contributed by atoms with Crippen LogP contribution in [0, 0.1) is 0 Å². The molecule has 0 atom stereocenters. The molecule has 0 fully saturated rings. The Morgan fingerprint density at radius 1 is 1.36 bits per heavy atom. The maximum atomic E-state index is 11.1. The maximum absolute atomic E-state index is 11.1. The van der Waals surface area contributed by atoms with Gasteiger partial charge in [0.1, 0.15) is 5.52 Å². The third-order valence-corrected chi connectivity index (χ3v) is 1.95. The van der Waals surface area contributed by atoms with Crippen molar-refractivity contribution in [2.45, 2.75) is 0 Å². The number of H-pyrrole nitrogens is 1. The quantitative estimate of drug-likeness (QED) is 0.467. The van der Waals surface area contributed by atoms with Crippen molar-refractivity contribution >= 4 is 28.6 Å². The third-order valence-electron chi connectivity index (χ3n) is 1.95. The van der Waals surface area contributed by atoms with Gasteiger partial charge >= 0.3 is 0 Å². The number of aromatic nitrogens is 2. The number of hydrogen-bond acceptors (Lipinski definition) is 4. The molecule has 2 rings (SSSR count). The number of rotatable bonds is 1. The lowest BCUT2D eigenvalue weighted by Crippen LogP contribution is -2.14. The van der Waals surface area contributed by atoms with Crippen molar-refractivity contribution in [3.05, 3.63) is 17.7 Å². The van der Waals surface area contributed by atoms with E-state index in [9.17, 15) is 4.79 Å². The second-order valence-electron chi connectivity index (χ2n) is 2.91. The fourth-order valence-corrected chi connectivity index (χ4v) is 1.37. The zero-order chi connectivity index (χ0) is 10.3. The van der Waals surface area contributed by atoms with Gasteiger partial charge in [0.15, 0.2) is 5.95 Å². The number of nitrogens with two attached hydrogens (primary N) is 3. The van der Waals surface area contributed by atoms with Gasteiger partial charge in [-0.15, -0.1) is 0 Å². The molecule has 2 aromatic rings. The average molecular weight is 191 g/mol. The third kappa shape index (κ3) is 1.05. The molecular weight excluding hydrogens is 182 g/mol. The van der Waals surface area contributed by atoms with E-state index in [-0.39, 0.29) is 11.5 Å². The van der Waals surface area contributed by atoms with E-state index in [4.69, 9.17) is 17.2 Å². The zero-order valence-electron chi connectivity index (χ0n) is 7.24. The molecule has 0 saturated heterocycles. The van der Waals surface area contributed by atoms with Crippen LogP contribution in [0.2, 0.25) is 0 Å². The molecule has 0 aliphatic heterocycles. The highest BCUT2D eigenvalue weighted by molar-refractivity contribution is 6.09. The van der Waals surface area contributed by atoms with Gasteiger partial charge in [0.25, 0.3) is 5.91 Å². The number of carbonyl (C=O) groups excluding carboxylic acids is 1. The van der Waals surface area contributed by atoms with Crippen LogP contribution in [0.15, 0.2) is 12.1 Å². The van der Waals surface area contributed by atoms with Gasteiger partial charge in [-0.25, -0.2) is 4.98 Å². The summed E-state index contributed by atoms with van der Waals surface area (Å²) in [7, 11) is 0. The standard InChI is InChI=1S/C8H9N5O/c9-3-1-2-4-6(5(3)7(10)14)13-8(11)12-4/h1-2H,9H2,(H2,10,14)(H3,11,12,13). The Labute approximate surface area is 79.1 Å². The summed E-state index contributed by atoms with van der Waals surface area (Å²) in [5.41, 5.74) is 17.8. The van der Waals surface area contributed by atoms with Crippen LogP contribution in [0.1, 0.15) is 10.4 Å². The Morgan fingerprint density at radius 3 is 2.71 bits per heavy atom. The van der Waals surface area contributed by atoms with Crippen molar-refractivity contribution in [3.63, 3.8) is 0 Å². The van der Waals surface area contributed by atoms with Gasteiger partial charge in [0.2, 0.25) is 0 Å². The number of nitrogens with zero attached hydrogens (tertiary/aromatic N) is 1. The van der Waals surface area contributed by atoms with E-state index in [2.05, 4.69) is 9.97 Å². The molecule has 1 aromatic carbocycles. The van der Waals surface area contributed by atoms with E-state index in [0.717, 1.165) is 0 Å². The summed E-state index contributed by atoms with van der Waals surface area (Å²) >= 11 is 0. The van der Waals surface area contributed by atoms with E-state index in [1.807, 2.05) is 0 Å². The van der Waals surface area contributed by atoms with Crippen LogP contribution >= 0.6 is 0 Å². The molecule has 7 N–H and O–H groups in total. The maximum Gasteiger partial charge on any atom is 0.253 e. The molecule has 14 heavy (non-hydrogen) atoms. The Kier molecular flexibility index (Phi) is 1.57. The van der Waals surface area contributed by atoms with Gasteiger partial charge in [-0.05, 0) is 12.1 Å². The molecule has 0 aliphatic rings. The Balaban J connectivity index is 2.88. The van der Waals surface area contributed by atoms with E-state index < -0.39 is 5.91 Å². The molecule has 0 radical (unpaired) electrons. The highest BCUT2D eigenvalue weighted by atomic mass is 16.1. The van der Waals surface area contributed by atoms with Crippen LogP contribution in [0.4, 0.5) is 11.6 Å². The van der Waals surface area contributed by atoms with Gasteiger partial charge in [-0.1, -0.05) is 0 Å². The SMILES string of the molecule is NC(=O)c1c(N)ccc2[nH]c(N)nc12. The number of imidazole rings is 1. The lowest BCUT2D eigenvalue weighted by molar-refractivity contribution is 0.100. The van der Waals surface area contributed by atoms with Crippen molar-refractivity contribution in [1.82, 2.24) is 9.97 Å². The first-order chi connectivity index (χ1) is 6.59. The molecule has 1 aromatic heterocycles. The van der Waals surface area contributed by atoms with Crippen LogP contribution in [-0.4, -0.2) is 15.9 Å². The van der Waals surface area contributed by atoms with Crippen LogP contribution in [0.5, 0.6) is 0 Å². The molecule has 0 saturated carbocycles. The number of amides is 1. The molecule has 72 valence electrons. The van der Waals surface area contributed by atoms with Gasteiger partial charge in [0, 0.05) is 5.69 Å². The van der Waals surface area contributed by atoms with E-state index in [0.29, 0.717) is 16.7 Å². The normalized spacial score (nSPS) is 10.6. The second kappa shape index (κ2) is 2.63. The summed E-state index contributed by atoms with van der Waals surface area (Å²) in [5, 5.41) is 0. The van der Waals surface area contributed by atoms with E-state index >= 15 is 0 Å². The monoisotopic (exact) mass is 191 g/mol. The van der Waals surface area contributed by atoms with Crippen molar-refractivity contribution in [2.24, 2.45) is 5.73 Å². The molecule has 1 amide bonds. The molecule has 6 nitrogen and oxygen atoms in total. The lowest BCUT2D eigenvalue weighted by atomic mass is 10.1. The van der Waals surface area contributed by atoms with E-state index in [1.165, 1.54) is 0 Å². The minimum absolute atomic E-state index is 0.204. The molecule has 6 heteroatoms. The highest BCUT2D eigenvalue weighted by Crippen LogP contribution is 2.22. The van der Waals surface area contributed by atoms with Gasteiger partial charge in [0.05, 0.1) is 11.1 Å². The number of primary amides is 1. The van der Waals surface area contributed by atoms with Crippen LogP contribution in [0.25, 0.3) is 11.0 Å². The first-order valence-electron chi connectivity index (χ1n) is 3.93. The van der Waals surface area contributed by atoms with Gasteiger partial charge in [-0.3, -0.25) is 4.79 Å². The lowest BCUT2D eigenvalue weighted by Gasteiger charge is -2.00. The number of carbonyl (C=O) groups is 1. The zero-order valence-corrected chi connectivity index (χ0v) is 7.24. The van der Waals surface area contributed by atoms with Gasteiger partial charge < -0.3 is 22.2 Å². The Bertz CT molecular complexity index is 516.